The van der Waals surface area contributed by atoms with E-state index in [1.54, 1.807) is 12.1 Å². The number of aromatic nitrogens is 2. The van der Waals surface area contributed by atoms with Crippen LogP contribution < -0.4 is 5.73 Å². The first-order valence-corrected chi connectivity index (χ1v) is 14.1. The Bertz CT molecular complexity index is 1580. The fourth-order valence-electron chi connectivity index (χ4n) is 5.20. The number of carbonyl (C=O) groups is 1. The number of imidazole rings is 1. The van der Waals surface area contributed by atoms with Crippen molar-refractivity contribution < 1.29 is 9.90 Å². The molecule has 1 heterocycles. The predicted octanol–water partition coefficient (Wildman–Crippen LogP) is 7.02. The van der Waals surface area contributed by atoms with Gasteiger partial charge in [0.2, 0.25) is 0 Å². The van der Waals surface area contributed by atoms with E-state index in [4.69, 9.17) is 10.7 Å². The average Bonchev–Trinajstić information content (AvgIpc) is 3.35. The minimum Gasteiger partial charge on any atom is -0.507 e. The Kier molecular flexibility index (Phi) is 8.92. The molecule has 208 valence electrons. The summed E-state index contributed by atoms with van der Waals surface area (Å²) in [5.41, 5.74) is 11.9. The number of primary amides is 1. The predicted molar refractivity (Wildman–Crippen MR) is 164 cm³/mol. The number of amides is 1. The van der Waals surface area contributed by atoms with Crippen LogP contribution in [0.4, 0.5) is 0 Å². The monoisotopic (exact) mass is 544 g/mol. The normalized spacial score (nSPS) is 11.2. The summed E-state index contributed by atoms with van der Waals surface area (Å²) < 4.78 is 2.38. The number of rotatable bonds is 12. The van der Waals surface area contributed by atoms with Gasteiger partial charge in [-0.2, -0.15) is 0 Å². The van der Waals surface area contributed by atoms with Crippen molar-refractivity contribution in [1.29, 1.82) is 0 Å². The van der Waals surface area contributed by atoms with Crippen LogP contribution in [0.5, 0.6) is 5.75 Å². The van der Waals surface area contributed by atoms with Gasteiger partial charge in [-0.15, -0.1) is 0 Å². The smallest absolute Gasteiger partial charge is 0.252 e. The SMILES string of the molecule is CCCCn1c(-c2ccccc2)nc(-c2ccccc2)c1CN(Cc1ccccc1)Cc1ccc(C(N)=O)c(O)c1. The van der Waals surface area contributed by atoms with Crippen LogP contribution in [0.25, 0.3) is 22.6 Å². The number of aromatic hydroxyl groups is 1. The van der Waals surface area contributed by atoms with E-state index in [0.29, 0.717) is 19.6 Å². The summed E-state index contributed by atoms with van der Waals surface area (Å²) in [6, 6.07) is 36.2. The van der Waals surface area contributed by atoms with E-state index < -0.39 is 5.91 Å². The van der Waals surface area contributed by atoms with Crippen molar-refractivity contribution >= 4 is 5.91 Å². The quantitative estimate of drug-likeness (QED) is 0.177. The minimum absolute atomic E-state index is 0.0982. The lowest BCUT2D eigenvalue weighted by molar-refractivity contribution is 0.0997. The lowest BCUT2D eigenvalue weighted by Gasteiger charge is -2.25. The second-order valence-corrected chi connectivity index (χ2v) is 10.3. The topological polar surface area (TPSA) is 84.4 Å². The largest absolute Gasteiger partial charge is 0.507 e. The van der Waals surface area contributed by atoms with Crippen LogP contribution in [0.2, 0.25) is 0 Å². The molecule has 0 atom stereocenters. The summed E-state index contributed by atoms with van der Waals surface area (Å²) in [7, 11) is 0. The summed E-state index contributed by atoms with van der Waals surface area (Å²) in [5.74, 6) is 0.228. The second-order valence-electron chi connectivity index (χ2n) is 10.3. The van der Waals surface area contributed by atoms with Gasteiger partial charge in [-0.05, 0) is 29.7 Å². The molecule has 0 fully saturated rings. The number of nitrogens with two attached hydrogens (primary N) is 1. The molecule has 0 saturated heterocycles. The van der Waals surface area contributed by atoms with Crippen LogP contribution in [-0.4, -0.2) is 25.5 Å². The fraction of sp³-hybridized carbons (Fsp3) is 0.200. The number of unbranched alkanes of at least 4 members (excludes halogenated alkanes) is 1. The van der Waals surface area contributed by atoms with Gasteiger partial charge < -0.3 is 15.4 Å². The lowest BCUT2D eigenvalue weighted by Crippen LogP contribution is -2.24. The first kappa shape index (κ1) is 27.9. The van der Waals surface area contributed by atoms with Crippen LogP contribution in [-0.2, 0) is 26.2 Å². The third kappa shape index (κ3) is 6.73. The summed E-state index contributed by atoms with van der Waals surface area (Å²) in [4.78, 5) is 19.3. The van der Waals surface area contributed by atoms with Crippen LogP contribution in [0.15, 0.2) is 109 Å². The average molecular weight is 545 g/mol. The Morgan fingerprint density at radius 2 is 1.41 bits per heavy atom. The van der Waals surface area contributed by atoms with Gasteiger partial charge in [0, 0.05) is 37.3 Å². The van der Waals surface area contributed by atoms with Gasteiger partial charge >= 0.3 is 0 Å². The Morgan fingerprint density at radius 1 is 0.805 bits per heavy atom. The zero-order chi connectivity index (χ0) is 28.6. The molecule has 0 aliphatic heterocycles. The lowest BCUT2D eigenvalue weighted by atomic mass is 10.1. The summed E-state index contributed by atoms with van der Waals surface area (Å²) in [6.07, 6.45) is 2.12. The molecule has 0 aliphatic rings. The molecule has 6 nitrogen and oxygen atoms in total. The zero-order valence-corrected chi connectivity index (χ0v) is 23.4. The molecule has 41 heavy (non-hydrogen) atoms. The molecule has 5 aromatic rings. The Balaban J connectivity index is 1.60. The van der Waals surface area contributed by atoms with Crippen molar-refractivity contribution in [2.45, 2.75) is 45.9 Å². The van der Waals surface area contributed by atoms with Gasteiger partial charge in [0.05, 0.1) is 17.0 Å². The highest BCUT2D eigenvalue weighted by Gasteiger charge is 2.22. The van der Waals surface area contributed by atoms with Crippen molar-refractivity contribution in [3.05, 3.63) is 132 Å². The third-order valence-corrected chi connectivity index (χ3v) is 7.24. The number of benzene rings is 4. The highest BCUT2D eigenvalue weighted by molar-refractivity contribution is 5.95. The highest BCUT2D eigenvalue weighted by Crippen LogP contribution is 2.32. The fourth-order valence-corrected chi connectivity index (χ4v) is 5.20. The third-order valence-electron chi connectivity index (χ3n) is 7.24. The van der Waals surface area contributed by atoms with Crippen molar-refractivity contribution in [3.63, 3.8) is 0 Å². The van der Waals surface area contributed by atoms with E-state index in [0.717, 1.165) is 53.3 Å². The highest BCUT2D eigenvalue weighted by atomic mass is 16.3. The maximum Gasteiger partial charge on any atom is 0.252 e. The van der Waals surface area contributed by atoms with E-state index in [1.807, 2.05) is 24.3 Å². The Hall–Kier alpha value is -4.68. The van der Waals surface area contributed by atoms with Crippen LogP contribution in [0.3, 0.4) is 0 Å². The summed E-state index contributed by atoms with van der Waals surface area (Å²) in [5, 5.41) is 10.5. The number of phenols is 1. The van der Waals surface area contributed by atoms with E-state index in [9.17, 15) is 9.90 Å². The van der Waals surface area contributed by atoms with Gasteiger partial charge in [0.1, 0.15) is 11.6 Å². The van der Waals surface area contributed by atoms with E-state index in [2.05, 4.69) is 89.2 Å². The maximum absolute atomic E-state index is 11.7. The molecule has 1 aromatic heterocycles. The van der Waals surface area contributed by atoms with Crippen LogP contribution >= 0.6 is 0 Å². The molecule has 0 unspecified atom stereocenters. The number of hydrogen-bond donors (Lipinski definition) is 2. The summed E-state index contributed by atoms with van der Waals surface area (Å²) in [6.45, 7) is 4.98. The van der Waals surface area contributed by atoms with Crippen molar-refractivity contribution in [2.24, 2.45) is 5.73 Å². The van der Waals surface area contributed by atoms with Gasteiger partial charge in [0.25, 0.3) is 5.91 Å². The number of carbonyl (C=O) groups excluding carboxylic acids is 1. The first-order valence-electron chi connectivity index (χ1n) is 14.1. The molecule has 5 rings (SSSR count). The molecule has 1 amide bonds. The first-order chi connectivity index (χ1) is 20.0. The van der Waals surface area contributed by atoms with Crippen molar-refractivity contribution in [3.8, 4) is 28.4 Å². The molecule has 3 N–H and O–H groups in total. The molecular weight excluding hydrogens is 508 g/mol. The molecule has 0 radical (unpaired) electrons. The van der Waals surface area contributed by atoms with Crippen LogP contribution in [0.1, 0.15) is 46.9 Å². The van der Waals surface area contributed by atoms with Crippen molar-refractivity contribution in [1.82, 2.24) is 14.5 Å². The van der Waals surface area contributed by atoms with Gasteiger partial charge in [-0.3, -0.25) is 9.69 Å². The molecule has 6 heteroatoms. The minimum atomic E-state index is -0.643. The van der Waals surface area contributed by atoms with Gasteiger partial charge in [-0.1, -0.05) is 110 Å². The van der Waals surface area contributed by atoms with E-state index >= 15 is 0 Å². The molecule has 0 bridgehead atoms. The van der Waals surface area contributed by atoms with Gasteiger partial charge in [0.15, 0.2) is 0 Å². The maximum atomic E-state index is 11.7. The van der Waals surface area contributed by atoms with Gasteiger partial charge in [-0.25, -0.2) is 4.98 Å². The van der Waals surface area contributed by atoms with E-state index in [1.165, 1.54) is 5.56 Å². The standard InChI is InChI=1S/C35H36N4O2/c1-2-3-21-39-31(33(28-15-9-5-10-16-28)37-35(39)29-17-11-6-12-18-29)25-38(23-26-13-7-4-8-14-26)24-27-19-20-30(34(36)41)32(40)22-27/h4-20,22,40H,2-3,21,23-25H2,1H3,(H2,36,41). The molecule has 0 aliphatic carbocycles. The zero-order valence-electron chi connectivity index (χ0n) is 23.4. The molecular formula is C35H36N4O2. The number of nitrogens with zero attached hydrogens (tertiary/aromatic N) is 3. The Morgan fingerprint density at radius 3 is 2.02 bits per heavy atom. The molecule has 0 spiro atoms. The molecule has 0 saturated carbocycles. The Labute approximate surface area is 241 Å². The van der Waals surface area contributed by atoms with Crippen LogP contribution in [0, 0.1) is 0 Å². The molecule has 4 aromatic carbocycles. The number of hydrogen-bond acceptors (Lipinski definition) is 4. The van der Waals surface area contributed by atoms with E-state index in [-0.39, 0.29) is 11.3 Å². The summed E-state index contributed by atoms with van der Waals surface area (Å²) >= 11 is 0. The van der Waals surface area contributed by atoms with Crippen molar-refractivity contribution in [2.75, 3.05) is 0 Å². The second kappa shape index (κ2) is 13.1.